The molecule has 218 valence electrons. The van der Waals surface area contributed by atoms with Crippen LogP contribution in [-0.2, 0) is 32.0 Å². The van der Waals surface area contributed by atoms with Gasteiger partial charge >= 0.3 is 0 Å². The molecule has 12 heteroatoms. The molecule has 41 heavy (non-hydrogen) atoms. The zero-order valence-corrected chi connectivity index (χ0v) is 22.7. The molecule has 0 radical (unpaired) electrons. The van der Waals surface area contributed by atoms with Gasteiger partial charge in [0.1, 0.15) is 23.9 Å². The summed E-state index contributed by atoms with van der Waals surface area (Å²) in [7, 11) is 0. The quantitative estimate of drug-likeness (QED) is 0.167. The Kier molecular flexibility index (Phi) is 9.25. The number of amides is 4. The maximum absolute atomic E-state index is 13.5. The summed E-state index contributed by atoms with van der Waals surface area (Å²) in [6, 6.07) is 9.64. The third kappa shape index (κ3) is 7.02. The summed E-state index contributed by atoms with van der Waals surface area (Å²) in [5, 5.41) is 25.5. The zero-order chi connectivity index (χ0) is 29.7. The molecule has 1 saturated heterocycles. The Morgan fingerprint density at radius 1 is 1.07 bits per heavy atom. The molecule has 4 rings (SSSR count). The highest BCUT2D eigenvalue weighted by molar-refractivity contribution is 5.95. The van der Waals surface area contributed by atoms with Crippen molar-refractivity contribution in [3.05, 3.63) is 65.9 Å². The van der Waals surface area contributed by atoms with E-state index in [9.17, 15) is 29.4 Å². The van der Waals surface area contributed by atoms with Gasteiger partial charge in [0, 0.05) is 30.1 Å². The number of primary amides is 1. The largest absolute Gasteiger partial charge is 0.508 e. The van der Waals surface area contributed by atoms with Crippen LogP contribution in [0, 0.1) is 0 Å². The number of aromatic amines is 1. The van der Waals surface area contributed by atoms with Crippen LogP contribution in [0.2, 0.25) is 0 Å². The third-order valence-corrected chi connectivity index (χ3v) is 7.37. The van der Waals surface area contributed by atoms with E-state index in [4.69, 9.17) is 11.5 Å². The highest BCUT2D eigenvalue weighted by Crippen LogP contribution is 2.22. The molecule has 5 atom stereocenters. The Bertz CT molecular complexity index is 1400. The lowest BCUT2D eigenvalue weighted by molar-refractivity contribution is -0.140. The van der Waals surface area contributed by atoms with E-state index in [0.717, 1.165) is 22.0 Å². The van der Waals surface area contributed by atoms with Crippen molar-refractivity contribution < 1.29 is 29.4 Å². The molecule has 1 fully saturated rings. The van der Waals surface area contributed by atoms with Crippen LogP contribution in [0.25, 0.3) is 10.9 Å². The summed E-state index contributed by atoms with van der Waals surface area (Å²) in [5.74, 6) is -2.43. The van der Waals surface area contributed by atoms with Crippen molar-refractivity contribution in [2.24, 2.45) is 11.5 Å². The van der Waals surface area contributed by atoms with Gasteiger partial charge in [-0.3, -0.25) is 19.2 Å². The molecule has 0 bridgehead atoms. The molecule has 0 spiro atoms. The molecule has 9 N–H and O–H groups in total. The van der Waals surface area contributed by atoms with E-state index in [-0.39, 0.29) is 18.6 Å². The number of aromatic hydroxyl groups is 1. The van der Waals surface area contributed by atoms with E-state index in [1.54, 1.807) is 18.3 Å². The second-order valence-corrected chi connectivity index (χ2v) is 10.4. The number of nitrogens with zero attached hydrogens (tertiary/aromatic N) is 1. The van der Waals surface area contributed by atoms with Crippen LogP contribution in [-0.4, -0.2) is 80.5 Å². The predicted molar refractivity (Wildman–Crippen MR) is 151 cm³/mol. The van der Waals surface area contributed by atoms with Crippen LogP contribution >= 0.6 is 0 Å². The number of fused-ring (bicyclic) bond motifs is 1. The lowest BCUT2D eigenvalue weighted by Gasteiger charge is -2.29. The van der Waals surface area contributed by atoms with Gasteiger partial charge in [0.25, 0.3) is 0 Å². The number of likely N-dealkylation sites (tertiary alicyclic amines) is 1. The molecule has 1 aromatic heterocycles. The first-order valence-electron chi connectivity index (χ1n) is 13.5. The number of hydrogen-bond donors (Lipinski definition) is 7. The minimum absolute atomic E-state index is 0.0773. The SMILES string of the molecule is C[C@@H](O)[C@H](NC(=O)[C@H](Cc1c[nH]c2ccccc12)NC(=O)[C@@H]1CCCN1C(=O)[C@@H](N)Cc1ccc(O)cc1)C(N)=O. The van der Waals surface area contributed by atoms with Crippen molar-refractivity contribution in [2.75, 3.05) is 6.54 Å². The van der Waals surface area contributed by atoms with Crippen molar-refractivity contribution in [3.63, 3.8) is 0 Å². The molecule has 12 nitrogen and oxygen atoms in total. The van der Waals surface area contributed by atoms with E-state index in [2.05, 4.69) is 15.6 Å². The Labute approximate surface area is 237 Å². The van der Waals surface area contributed by atoms with Gasteiger partial charge in [0.2, 0.25) is 23.6 Å². The first kappa shape index (κ1) is 29.6. The van der Waals surface area contributed by atoms with Crippen LogP contribution < -0.4 is 22.1 Å². The molecule has 2 aromatic carbocycles. The van der Waals surface area contributed by atoms with Gasteiger partial charge in [-0.15, -0.1) is 0 Å². The van der Waals surface area contributed by atoms with Crippen molar-refractivity contribution in [1.29, 1.82) is 0 Å². The van der Waals surface area contributed by atoms with Gasteiger partial charge in [-0.1, -0.05) is 30.3 Å². The standard InChI is InChI=1S/C29H36N6O6/c1-16(36)25(26(31)38)34-27(39)23(14-18-15-32-22-6-3-2-5-20(18)22)33-28(40)24-7-4-12-35(24)29(41)21(30)13-17-8-10-19(37)11-9-17/h2-3,5-6,8-11,15-16,21,23-25,32,36-37H,4,7,12-14,30H2,1H3,(H2,31,38)(H,33,40)(H,34,39)/t16-,21+,23+,24+,25+/m1/s1. The zero-order valence-electron chi connectivity index (χ0n) is 22.7. The second-order valence-electron chi connectivity index (χ2n) is 10.4. The van der Waals surface area contributed by atoms with Gasteiger partial charge in [-0.25, -0.2) is 0 Å². The summed E-state index contributed by atoms with van der Waals surface area (Å²) < 4.78 is 0. The fraction of sp³-hybridized carbons (Fsp3) is 0.379. The van der Waals surface area contributed by atoms with Crippen LogP contribution in [0.5, 0.6) is 5.75 Å². The number of benzene rings is 2. The van der Waals surface area contributed by atoms with Gasteiger partial charge in [0.15, 0.2) is 0 Å². The van der Waals surface area contributed by atoms with Gasteiger partial charge in [0.05, 0.1) is 12.1 Å². The summed E-state index contributed by atoms with van der Waals surface area (Å²) in [5.41, 5.74) is 13.9. The predicted octanol–water partition coefficient (Wildman–Crippen LogP) is -0.187. The molecule has 3 aromatic rings. The highest BCUT2D eigenvalue weighted by atomic mass is 16.3. The van der Waals surface area contributed by atoms with E-state index >= 15 is 0 Å². The lowest BCUT2D eigenvalue weighted by atomic mass is 10.0. The lowest BCUT2D eigenvalue weighted by Crippen LogP contribution is -2.59. The van der Waals surface area contributed by atoms with Crippen LogP contribution in [0.3, 0.4) is 0 Å². The molecular formula is C29H36N6O6. The Morgan fingerprint density at radius 3 is 2.46 bits per heavy atom. The summed E-state index contributed by atoms with van der Waals surface area (Å²) >= 11 is 0. The van der Waals surface area contributed by atoms with Gasteiger partial charge in [-0.05, 0) is 55.5 Å². The molecule has 0 aliphatic carbocycles. The maximum Gasteiger partial charge on any atom is 0.243 e. The first-order valence-corrected chi connectivity index (χ1v) is 13.5. The van der Waals surface area contributed by atoms with Crippen molar-refractivity contribution >= 4 is 34.5 Å². The number of aliphatic hydroxyl groups is 1. The van der Waals surface area contributed by atoms with Crippen LogP contribution in [0.1, 0.15) is 30.9 Å². The molecule has 0 unspecified atom stereocenters. The normalized spacial score (nSPS) is 17.9. The van der Waals surface area contributed by atoms with Gasteiger partial charge in [-0.2, -0.15) is 0 Å². The molecule has 1 aliphatic rings. The number of para-hydroxylation sites is 1. The van der Waals surface area contributed by atoms with Crippen molar-refractivity contribution in [1.82, 2.24) is 20.5 Å². The Hall–Kier alpha value is -4.42. The number of aromatic nitrogens is 1. The minimum Gasteiger partial charge on any atom is -0.508 e. The van der Waals surface area contributed by atoms with E-state index in [1.165, 1.54) is 24.0 Å². The summed E-state index contributed by atoms with van der Waals surface area (Å²) in [6.45, 7) is 1.66. The van der Waals surface area contributed by atoms with Crippen LogP contribution in [0.15, 0.2) is 54.7 Å². The second kappa shape index (κ2) is 12.8. The highest BCUT2D eigenvalue weighted by Gasteiger charge is 2.38. The number of carbonyl (C=O) groups is 4. The van der Waals surface area contributed by atoms with E-state index in [0.29, 0.717) is 19.4 Å². The number of H-pyrrole nitrogens is 1. The Morgan fingerprint density at radius 2 is 1.78 bits per heavy atom. The fourth-order valence-electron chi connectivity index (χ4n) is 5.17. The molecular weight excluding hydrogens is 528 g/mol. The number of nitrogens with one attached hydrogen (secondary N) is 3. The average Bonchev–Trinajstić information content (AvgIpc) is 3.59. The van der Waals surface area contributed by atoms with Crippen molar-refractivity contribution in [3.8, 4) is 5.75 Å². The number of rotatable bonds is 11. The Balaban J connectivity index is 1.51. The van der Waals surface area contributed by atoms with E-state index < -0.39 is 53.9 Å². The number of aliphatic hydroxyl groups excluding tert-OH is 1. The first-order chi connectivity index (χ1) is 19.5. The topological polar surface area (TPSA) is 204 Å². The number of carbonyl (C=O) groups excluding carboxylic acids is 4. The fourth-order valence-corrected chi connectivity index (χ4v) is 5.17. The van der Waals surface area contributed by atoms with Gasteiger partial charge < -0.3 is 42.2 Å². The minimum atomic E-state index is -1.35. The van der Waals surface area contributed by atoms with E-state index in [1.807, 2.05) is 24.3 Å². The average molecular weight is 565 g/mol. The number of phenolic OH excluding ortho intramolecular Hbond substituents is 1. The monoisotopic (exact) mass is 564 g/mol. The van der Waals surface area contributed by atoms with Crippen molar-refractivity contribution in [2.45, 2.75) is 62.9 Å². The summed E-state index contributed by atoms with van der Waals surface area (Å²) in [4.78, 5) is 56.6. The third-order valence-electron chi connectivity index (χ3n) is 7.37. The smallest absolute Gasteiger partial charge is 0.243 e. The molecule has 1 aliphatic heterocycles. The summed E-state index contributed by atoms with van der Waals surface area (Å²) in [6.07, 6.45) is 1.77. The molecule has 0 saturated carbocycles. The maximum atomic E-state index is 13.5. The number of hydrogen-bond acceptors (Lipinski definition) is 7. The number of nitrogens with two attached hydrogens (primary N) is 2. The molecule has 4 amide bonds. The number of phenols is 1. The molecule has 2 heterocycles. The van der Waals surface area contributed by atoms with Crippen LogP contribution in [0.4, 0.5) is 0 Å².